The molecule has 0 aliphatic heterocycles. The van der Waals surface area contributed by atoms with Crippen molar-refractivity contribution in [3.8, 4) is 6.07 Å². The summed E-state index contributed by atoms with van der Waals surface area (Å²) in [6, 6.07) is 1.89. The largest absolute Gasteiger partial charge is 0.444 e. The van der Waals surface area contributed by atoms with E-state index in [1.165, 1.54) is 0 Å². The van der Waals surface area contributed by atoms with Gasteiger partial charge in [0.15, 0.2) is 0 Å². The lowest BCUT2D eigenvalue weighted by Gasteiger charge is -2.19. The number of carbonyl (C=O) groups excluding carboxylic acids is 2. The van der Waals surface area contributed by atoms with Gasteiger partial charge >= 0.3 is 6.09 Å². The van der Waals surface area contributed by atoms with Crippen LogP contribution in [0.25, 0.3) is 0 Å². The van der Waals surface area contributed by atoms with Gasteiger partial charge in [0.2, 0.25) is 5.91 Å². The van der Waals surface area contributed by atoms with Crippen LogP contribution in [-0.4, -0.2) is 30.7 Å². The summed E-state index contributed by atoms with van der Waals surface area (Å²) < 4.78 is 4.93. The normalized spacial score (nSPS) is 10.1. The van der Waals surface area contributed by atoms with Crippen LogP contribution in [0.15, 0.2) is 0 Å². The Morgan fingerprint density at radius 1 is 1.31 bits per heavy atom. The lowest BCUT2D eigenvalue weighted by atomic mass is 10.2. The van der Waals surface area contributed by atoms with Gasteiger partial charge in [0.05, 0.1) is 19.0 Å². The average molecular weight is 227 g/mol. The molecule has 0 bridgehead atoms. The summed E-state index contributed by atoms with van der Waals surface area (Å²) in [4.78, 5) is 22.2. The number of nitrogens with zero attached hydrogens (tertiary/aromatic N) is 1. The third-order valence-corrected chi connectivity index (χ3v) is 1.35. The highest BCUT2D eigenvalue weighted by Crippen LogP contribution is 2.05. The number of nitriles is 1. The molecule has 0 aliphatic carbocycles. The van der Waals surface area contributed by atoms with E-state index >= 15 is 0 Å². The predicted octanol–water partition coefficient (Wildman–Crippen LogP) is 0.541. The third kappa shape index (κ3) is 8.81. The second-order valence-corrected chi connectivity index (χ2v) is 4.11. The Morgan fingerprint density at radius 3 is 2.44 bits per heavy atom. The molecule has 0 aromatic rings. The zero-order valence-electron chi connectivity index (χ0n) is 9.79. The lowest BCUT2D eigenvalue weighted by Crippen LogP contribution is -2.39. The molecule has 0 aliphatic rings. The molecule has 0 rings (SSSR count). The molecule has 6 nitrogen and oxygen atoms in total. The molecule has 0 atom stereocenters. The Kier molecular flexibility index (Phi) is 5.93. The van der Waals surface area contributed by atoms with E-state index in [-0.39, 0.29) is 25.4 Å². The minimum absolute atomic E-state index is 0.152. The first kappa shape index (κ1) is 14.2. The maximum Gasteiger partial charge on any atom is 0.408 e. The van der Waals surface area contributed by atoms with Crippen molar-refractivity contribution in [2.75, 3.05) is 13.1 Å². The fourth-order valence-corrected chi connectivity index (χ4v) is 0.787. The number of hydrogen-bond donors (Lipinski definition) is 2. The summed E-state index contributed by atoms with van der Waals surface area (Å²) in [6.07, 6.45) is -0.388. The van der Waals surface area contributed by atoms with E-state index in [0.717, 1.165) is 0 Å². The zero-order chi connectivity index (χ0) is 12.6. The van der Waals surface area contributed by atoms with Crippen LogP contribution in [-0.2, 0) is 9.53 Å². The van der Waals surface area contributed by atoms with Crippen LogP contribution in [0.4, 0.5) is 4.79 Å². The number of rotatable bonds is 4. The Labute approximate surface area is 95.0 Å². The average Bonchev–Trinajstić information content (AvgIpc) is 2.12. The predicted molar refractivity (Wildman–Crippen MR) is 57.5 cm³/mol. The molecule has 0 unspecified atom stereocenters. The maximum absolute atomic E-state index is 11.1. The van der Waals surface area contributed by atoms with Gasteiger partial charge in [-0.2, -0.15) is 5.26 Å². The molecular weight excluding hydrogens is 210 g/mol. The molecule has 0 fully saturated rings. The molecule has 0 radical (unpaired) electrons. The van der Waals surface area contributed by atoms with Crippen molar-refractivity contribution in [3.05, 3.63) is 0 Å². The van der Waals surface area contributed by atoms with Crippen molar-refractivity contribution in [1.29, 1.82) is 5.26 Å². The molecule has 2 amide bonds. The zero-order valence-corrected chi connectivity index (χ0v) is 9.79. The Hall–Kier alpha value is -1.77. The van der Waals surface area contributed by atoms with Crippen LogP contribution in [0.1, 0.15) is 27.2 Å². The van der Waals surface area contributed by atoms with E-state index in [9.17, 15) is 9.59 Å². The summed E-state index contributed by atoms with van der Waals surface area (Å²) in [5.74, 6) is -0.346. The molecule has 2 N–H and O–H groups in total. The van der Waals surface area contributed by atoms with Crippen LogP contribution < -0.4 is 10.6 Å². The standard InChI is InChI=1S/C10H17N3O3/c1-10(2,3)16-9(15)13-7-8(14)12-6-4-5-11/h4,6-7H2,1-3H3,(H,12,14)(H,13,15). The van der Waals surface area contributed by atoms with Crippen molar-refractivity contribution in [2.45, 2.75) is 32.8 Å². The summed E-state index contributed by atoms with van der Waals surface area (Å²) in [5.41, 5.74) is -0.582. The highest BCUT2D eigenvalue weighted by atomic mass is 16.6. The van der Waals surface area contributed by atoms with Gasteiger partial charge in [-0.15, -0.1) is 0 Å². The van der Waals surface area contributed by atoms with Crippen LogP contribution in [0.5, 0.6) is 0 Å². The smallest absolute Gasteiger partial charge is 0.408 e. The Balaban J connectivity index is 3.68. The number of nitrogens with one attached hydrogen (secondary N) is 2. The van der Waals surface area contributed by atoms with Crippen molar-refractivity contribution < 1.29 is 14.3 Å². The Bertz CT molecular complexity index is 289. The molecular formula is C10H17N3O3. The summed E-state index contributed by atoms with van der Waals surface area (Å²) in [7, 11) is 0. The SMILES string of the molecule is CC(C)(C)OC(=O)NCC(=O)NCCC#N. The molecule has 6 heteroatoms. The van der Waals surface area contributed by atoms with E-state index in [1.54, 1.807) is 20.8 Å². The number of carbonyl (C=O) groups is 2. The molecule has 0 heterocycles. The van der Waals surface area contributed by atoms with Crippen LogP contribution in [0.3, 0.4) is 0 Å². The van der Waals surface area contributed by atoms with Crippen LogP contribution >= 0.6 is 0 Å². The fourth-order valence-electron chi connectivity index (χ4n) is 0.787. The molecule has 0 aromatic heterocycles. The van der Waals surface area contributed by atoms with Crippen molar-refractivity contribution in [2.24, 2.45) is 0 Å². The van der Waals surface area contributed by atoms with Crippen molar-refractivity contribution >= 4 is 12.0 Å². The van der Waals surface area contributed by atoms with Gasteiger partial charge < -0.3 is 15.4 Å². The second-order valence-electron chi connectivity index (χ2n) is 4.11. The number of ether oxygens (including phenoxy) is 1. The molecule has 90 valence electrons. The van der Waals surface area contributed by atoms with Crippen LogP contribution in [0.2, 0.25) is 0 Å². The van der Waals surface area contributed by atoms with Gasteiger partial charge in [-0.1, -0.05) is 0 Å². The summed E-state index contributed by atoms with van der Waals surface area (Å²) in [5, 5.41) is 13.0. The van der Waals surface area contributed by atoms with Gasteiger partial charge in [0.25, 0.3) is 0 Å². The molecule has 0 saturated carbocycles. The highest BCUT2D eigenvalue weighted by Gasteiger charge is 2.16. The first-order valence-electron chi connectivity index (χ1n) is 4.95. The second kappa shape index (κ2) is 6.67. The monoisotopic (exact) mass is 227 g/mol. The van der Waals surface area contributed by atoms with Gasteiger partial charge in [-0.25, -0.2) is 4.79 Å². The van der Waals surface area contributed by atoms with Crippen LogP contribution in [0, 0.1) is 11.3 Å². The quantitative estimate of drug-likeness (QED) is 0.686. The first-order chi connectivity index (χ1) is 7.35. The van der Waals surface area contributed by atoms with Gasteiger partial charge in [-0.3, -0.25) is 4.79 Å². The number of amides is 2. The summed E-state index contributed by atoms with van der Waals surface area (Å²) in [6.45, 7) is 5.34. The van der Waals surface area contributed by atoms with Crippen molar-refractivity contribution in [1.82, 2.24) is 10.6 Å². The summed E-state index contributed by atoms with van der Waals surface area (Å²) >= 11 is 0. The van der Waals surface area contributed by atoms with E-state index in [4.69, 9.17) is 10.00 Å². The molecule has 0 spiro atoms. The van der Waals surface area contributed by atoms with Gasteiger partial charge in [0, 0.05) is 6.54 Å². The molecule has 0 aromatic carbocycles. The lowest BCUT2D eigenvalue weighted by molar-refractivity contribution is -0.120. The van der Waals surface area contributed by atoms with E-state index in [0.29, 0.717) is 0 Å². The first-order valence-corrected chi connectivity index (χ1v) is 4.95. The molecule has 0 saturated heterocycles. The molecule has 16 heavy (non-hydrogen) atoms. The van der Waals surface area contributed by atoms with E-state index < -0.39 is 11.7 Å². The third-order valence-electron chi connectivity index (χ3n) is 1.35. The topological polar surface area (TPSA) is 91.2 Å². The Morgan fingerprint density at radius 2 is 1.94 bits per heavy atom. The highest BCUT2D eigenvalue weighted by molar-refractivity contribution is 5.82. The number of hydrogen-bond acceptors (Lipinski definition) is 4. The fraction of sp³-hybridized carbons (Fsp3) is 0.700. The number of alkyl carbamates (subject to hydrolysis) is 1. The van der Waals surface area contributed by atoms with E-state index in [2.05, 4.69) is 10.6 Å². The van der Waals surface area contributed by atoms with Crippen molar-refractivity contribution in [3.63, 3.8) is 0 Å². The minimum atomic E-state index is -0.636. The van der Waals surface area contributed by atoms with E-state index in [1.807, 2.05) is 6.07 Å². The van der Waals surface area contributed by atoms with Gasteiger partial charge in [0.1, 0.15) is 5.60 Å². The van der Waals surface area contributed by atoms with Gasteiger partial charge in [-0.05, 0) is 20.8 Å². The minimum Gasteiger partial charge on any atom is -0.444 e. The maximum atomic E-state index is 11.1.